The summed E-state index contributed by atoms with van der Waals surface area (Å²) in [5, 5.41) is 3.85. The van der Waals surface area contributed by atoms with Crippen LogP contribution in [-0.2, 0) is 18.4 Å². The van der Waals surface area contributed by atoms with E-state index in [4.69, 9.17) is 10.5 Å². The smallest absolute Gasteiger partial charge is 0.343 e. The molecule has 0 radical (unpaired) electrons. The highest BCUT2D eigenvalue weighted by atomic mass is 79.9. The molecule has 5 nitrogen and oxygen atoms in total. The molecule has 2 aromatic rings. The SMILES string of the molecule is Cn1ncc(C(=O)OCc2ccc(F)cc2Br)c1N. The van der Waals surface area contributed by atoms with Gasteiger partial charge in [-0.2, -0.15) is 5.10 Å². The first kappa shape index (κ1) is 13.5. The zero-order valence-electron chi connectivity index (χ0n) is 10.1. The van der Waals surface area contributed by atoms with Crippen molar-refractivity contribution >= 4 is 27.7 Å². The monoisotopic (exact) mass is 327 g/mol. The first-order chi connectivity index (χ1) is 8.99. The van der Waals surface area contributed by atoms with Crippen LogP contribution in [0.15, 0.2) is 28.9 Å². The summed E-state index contributed by atoms with van der Waals surface area (Å²) >= 11 is 3.20. The number of hydrogen-bond donors (Lipinski definition) is 1. The van der Waals surface area contributed by atoms with Gasteiger partial charge in [0.15, 0.2) is 0 Å². The van der Waals surface area contributed by atoms with E-state index in [0.29, 0.717) is 10.0 Å². The number of rotatable bonds is 3. The van der Waals surface area contributed by atoms with Crippen molar-refractivity contribution in [2.75, 3.05) is 5.73 Å². The van der Waals surface area contributed by atoms with Crippen LogP contribution in [0.1, 0.15) is 15.9 Å². The van der Waals surface area contributed by atoms with Gasteiger partial charge >= 0.3 is 5.97 Å². The zero-order chi connectivity index (χ0) is 14.0. The predicted molar refractivity (Wildman–Crippen MR) is 70.8 cm³/mol. The van der Waals surface area contributed by atoms with Crippen molar-refractivity contribution in [3.63, 3.8) is 0 Å². The molecule has 100 valence electrons. The van der Waals surface area contributed by atoms with E-state index >= 15 is 0 Å². The molecule has 0 saturated carbocycles. The Bertz CT molecular complexity index is 627. The average molecular weight is 328 g/mol. The standard InChI is InChI=1S/C12H11BrFN3O2/c1-17-11(15)9(5-16-17)12(18)19-6-7-2-3-8(14)4-10(7)13/h2-5H,6,15H2,1H3. The summed E-state index contributed by atoms with van der Waals surface area (Å²) in [6.45, 7) is 0.0219. The van der Waals surface area contributed by atoms with Crippen molar-refractivity contribution in [2.45, 2.75) is 6.61 Å². The molecule has 0 atom stereocenters. The molecule has 1 aromatic heterocycles. The summed E-state index contributed by atoms with van der Waals surface area (Å²) in [7, 11) is 1.63. The molecule has 0 unspecified atom stereocenters. The largest absolute Gasteiger partial charge is 0.457 e. The van der Waals surface area contributed by atoms with Gasteiger partial charge in [0.05, 0.1) is 6.20 Å². The summed E-state index contributed by atoms with van der Waals surface area (Å²) in [4.78, 5) is 11.8. The van der Waals surface area contributed by atoms with E-state index < -0.39 is 5.97 Å². The predicted octanol–water partition coefficient (Wildman–Crippen LogP) is 2.26. The Morgan fingerprint density at radius 2 is 2.32 bits per heavy atom. The minimum absolute atomic E-state index is 0.0219. The summed E-state index contributed by atoms with van der Waals surface area (Å²) in [5.41, 5.74) is 6.54. The molecule has 0 fully saturated rings. The first-order valence-corrected chi connectivity index (χ1v) is 6.17. The van der Waals surface area contributed by atoms with Crippen LogP contribution in [0.2, 0.25) is 0 Å². The van der Waals surface area contributed by atoms with E-state index in [0.717, 1.165) is 0 Å². The van der Waals surface area contributed by atoms with Crippen molar-refractivity contribution < 1.29 is 13.9 Å². The fourth-order valence-corrected chi connectivity index (χ4v) is 1.93. The molecule has 0 amide bonds. The summed E-state index contributed by atoms with van der Waals surface area (Å²) in [6, 6.07) is 4.15. The lowest BCUT2D eigenvalue weighted by Crippen LogP contribution is -2.08. The molecule has 1 heterocycles. The fourth-order valence-electron chi connectivity index (χ4n) is 1.46. The molecule has 2 rings (SSSR count). The van der Waals surface area contributed by atoms with Crippen molar-refractivity contribution in [1.29, 1.82) is 0 Å². The van der Waals surface area contributed by atoms with E-state index in [2.05, 4.69) is 21.0 Å². The Kier molecular flexibility index (Phi) is 3.84. The third kappa shape index (κ3) is 2.93. The maximum Gasteiger partial charge on any atom is 0.343 e. The lowest BCUT2D eigenvalue weighted by Gasteiger charge is -2.06. The summed E-state index contributed by atoms with van der Waals surface area (Å²) in [5.74, 6) is -0.691. The number of hydrogen-bond acceptors (Lipinski definition) is 4. The quantitative estimate of drug-likeness (QED) is 0.878. The maximum absolute atomic E-state index is 12.9. The van der Waals surface area contributed by atoms with Crippen molar-refractivity contribution in [1.82, 2.24) is 9.78 Å². The highest BCUT2D eigenvalue weighted by molar-refractivity contribution is 9.10. The number of nitrogens with two attached hydrogens (primary N) is 1. The Morgan fingerprint density at radius 3 is 2.89 bits per heavy atom. The highest BCUT2D eigenvalue weighted by Gasteiger charge is 2.15. The molecule has 0 spiro atoms. The second-order valence-corrected chi connectivity index (χ2v) is 4.73. The van der Waals surface area contributed by atoms with Crippen LogP contribution in [0.4, 0.5) is 10.2 Å². The average Bonchev–Trinajstić information content (AvgIpc) is 2.69. The Labute approximate surface area is 117 Å². The minimum atomic E-state index is -0.568. The van der Waals surface area contributed by atoms with Crippen LogP contribution in [0.5, 0.6) is 0 Å². The van der Waals surface area contributed by atoms with Gasteiger partial charge in [-0.05, 0) is 12.1 Å². The lowest BCUT2D eigenvalue weighted by atomic mass is 10.2. The lowest BCUT2D eigenvalue weighted by molar-refractivity contribution is 0.0473. The molecular formula is C12H11BrFN3O2. The van der Waals surface area contributed by atoms with E-state index in [1.165, 1.54) is 23.0 Å². The van der Waals surface area contributed by atoms with Crippen LogP contribution in [0, 0.1) is 5.82 Å². The Balaban J connectivity index is 2.06. The third-order valence-electron chi connectivity index (χ3n) is 2.58. The van der Waals surface area contributed by atoms with Gasteiger partial charge in [-0.3, -0.25) is 4.68 Å². The van der Waals surface area contributed by atoms with Crippen LogP contribution in [0.3, 0.4) is 0 Å². The molecule has 0 aliphatic carbocycles. The maximum atomic E-state index is 12.9. The fraction of sp³-hybridized carbons (Fsp3) is 0.167. The van der Waals surface area contributed by atoms with Gasteiger partial charge in [0.1, 0.15) is 23.8 Å². The van der Waals surface area contributed by atoms with E-state index in [1.54, 1.807) is 13.1 Å². The van der Waals surface area contributed by atoms with Crippen LogP contribution in [0.25, 0.3) is 0 Å². The summed E-state index contributed by atoms with van der Waals surface area (Å²) in [6.07, 6.45) is 1.34. The number of esters is 1. The molecule has 1 aromatic carbocycles. The Morgan fingerprint density at radius 1 is 1.58 bits per heavy atom. The van der Waals surface area contributed by atoms with Gasteiger partial charge < -0.3 is 10.5 Å². The van der Waals surface area contributed by atoms with Crippen molar-refractivity contribution in [2.24, 2.45) is 7.05 Å². The van der Waals surface area contributed by atoms with E-state index in [-0.39, 0.29) is 23.8 Å². The topological polar surface area (TPSA) is 70.1 Å². The van der Waals surface area contributed by atoms with E-state index in [1.807, 2.05) is 0 Å². The number of halogens is 2. The number of carbonyl (C=O) groups excluding carboxylic acids is 1. The van der Waals surface area contributed by atoms with Crippen LogP contribution < -0.4 is 5.73 Å². The molecule has 0 bridgehead atoms. The zero-order valence-corrected chi connectivity index (χ0v) is 11.6. The molecule has 19 heavy (non-hydrogen) atoms. The third-order valence-corrected chi connectivity index (χ3v) is 3.32. The molecule has 0 aliphatic rings. The van der Waals surface area contributed by atoms with Gasteiger partial charge in [-0.15, -0.1) is 0 Å². The number of anilines is 1. The second-order valence-electron chi connectivity index (χ2n) is 3.88. The number of nitrogen functional groups attached to an aromatic ring is 1. The molecule has 2 N–H and O–H groups in total. The number of aryl methyl sites for hydroxylation is 1. The molecular weight excluding hydrogens is 317 g/mol. The van der Waals surface area contributed by atoms with Gasteiger partial charge in [0, 0.05) is 17.1 Å². The number of carbonyl (C=O) groups is 1. The van der Waals surface area contributed by atoms with Gasteiger partial charge in [0.2, 0.25) is 0 Å². The molecule has 0 aliphatic heterocycles. The van der Waals surface area contributed by atoms with Crippen molar-refractivity contribution in [3.8, 4) is 0 Å². The molecule has 0 saturated heterocycles. The first-order valence-electron chi connectivity index (χ1n) is 5.37. The van der Waals surface area contributed by atoms with E-state index in [9.17, 15) is 9.18 Å². The normalized spacial score (nSPS) is 10.5. The second kappa shape index (κ2) is 5.40. The number of benzene rings is 1. The van der Waals surface area contributed by atoms with Crippen LogP contribution in [-0.4, -0.2) is 15.7 Å². The summed E-state index contributed by atoms with van der Waals surface area (Å²) < 4.78 is 19.9. The van der Waals surface area contributed by atoms with Crippen molar-refractivity contribution in [3.05, 3.63) is 45.8 Å². The highest BCUT2D eigenvalue weighted by Crippen LogP contribution is 2.20. The number of ether oxygens (including phenoxy) is 1. The number of nitrogens with zero attached hydrogens (tertiary/aromatic N) is 2. The van der Waals surface area contributed by atoms with Gasteiger partial charge in [-0.1, -0.05) is 22.0 Å². The molecule has 7 heteroatoms. The van der Waals surface area contributed by atoms with Crippen LogP contribution >= 0.6 is 15.9 Å². The minimum Gasteiger partial charge on any atom is -0.457 e. The van der Waals surface area contributed by atoms with Gasteiger partial charge in [0.25, 0.3) is 0 Å². The Hall–Kier alpha value is -1.89. The van der Waals surface area contributed by atoms with Gasteiger partial charge in [-0.25, -0.2) is 9.18 Å². The number of aromatic nitrogens is 2.